The molecule has 2 heterocycles. The van der Waals surface area contributed by atoms with Crippen LogP contribution in [-0.2, 0) is 6.54 Å². The Bertz CT molecular complexity index is 1270. The van der Waals surface area contributed by atoms with Crippen molar-refractivity contribution in [3.8, 4) is 5.75 Å². The molecular formula is C22H18N4O4S. The van der Waals surface area contributed by atoms with E-state index >= 15 is 0 Å². The van der Waals surface area contributed by atoms with Gasteiger partial charge in [-0.05, 0) is 36.8 Å². The van der Waals surface area contributed by atoms with E-state index in [-0.39, 0.29) is 23.7 Å². The van der Waals surface area contributed by atoms with Gasteiger partial charge < -0.3 is 4.74 Å². The molecule has 0 N–H and O–H groups in total. The van der Waals surface area contributed by atoms with Crippen LogP contribution in [0.25, 0.3) is 10.2 Å². The molecule has 0 aliphatic rings. The fourth-order valence-electron chi connectivity index (χ4n) is 3.29. The Balaban J connectivity index is 1.83. The third-order valence-electron chi connectivity index (χ3n) is 4.86. The van der Waals surface area contributed by atoms with E-state index < -0.39 is 4.92 Å². The van der Waals surface area contributed by atoms with Gasteiger partial charge in [-0.3, -0.25) is 24.8 Å². The molecule has 8 nitrogen and oxygen atoms in total. The van der Waals surface area contributed by atoms with Gasteiger partial charge in [0.25, 0.3) is 11.6 Å². The van der Waals surface area contributed by atoms with E-state index in [1.165, 1.54) is 28.4 Å². The van der Waals surface area contributed by atoms with Gasteiger partial charge in [0.1, 0.15) is 11.3 Å². The molecule has 0 aliphatic heterocycles. The van der Waals surface area contributed by atoms with Crippen molar-refractivity contribution >= 4 is 38.3 Å². The number of methoxy groups -OCH3 is 1. The minimum atomic E-state index is -0.486. The number of aromatic nitrogens is 2. The predicted molar refractivity (Wildman–Crippen MR) is 119 cm³/mol. The van der Waals surface area contributed by atoms with Gasteiger partial charge >= 0.3 is 0 Å². The zero-order valence-corrected chi connectivity index (χ0v) is 17.6. The second-order valence-corrected chi connectivity index (χ2v) is 7.77. The summed E-state index contributed by atoms with van der Waals surface area (Å²) in [5.74, 6) is 0.239. The molecule has 2 aromatic carbocycles. The molecule has 0 atom stereocenters. The number of para-hydroxylation sites is 1. The molecule has 1 amide bonds. The van der Waals surface area contributed by atoms with Gasteiger partial charge in [-0.2, -0.15) is 0 Å². The average Bonchev–Trinajstić information content (AvgIpc) is 3.21. The van der Waals surface area contributed by atoms with Gasteiger partial charge in [-0.15, -0.1) is 0 Å². The van der Waals surface area contributed by atoms with E-state index in [1.807, 2.05) is 24.3 Å². The van der Waals surface area contributed by atoms with Crippen molar-refractivity contribution in [3.63, 3.8) is 0 Å². The molecule has 0 bridgehead atoms. The molecule has 0 fully saturated rings. The number of benzene rings is 2. The van der Waals surface area contributed by atoms with Crippen LogP contribution in [0.15, 0.2) is 60.9 Å². The molecule has 0 saturated heterocycles. The number of fused-ring (bicyclic) bond motifs is 1. The van der Waals surface area contributed by atoms with Gasteiger partial charge in [-0.1, -0.05) is 29.5 Å². The van der Waals surface area contributed by atoms with E-state index in [0.29, 0.717) is 22.0 Å². The predicted octanol–water partition coefficient (Wildman–Crippen LogP) is 4.76. The third-order valence-corrected chi connectivity index (χ3v) is 5.91. The molecule has 4 aromatic rings. The molecule has 4 rings (SSSR count). The van der Waals surface area contributed by atoms with Crippen molar-refractivity contribution in [2.24, 2.45) is 0 Å². The fraction of sp³-hybridized carbons (Fsp3) is 0.136. The van der Waals surface area contributed by atoms with E-state index in [2.05, 4.69) is 9.97 Å². The van der Waals surface area contributed by atoms with E-state index in [9.17, 15) is 14.9 Å². The molecule has 2 aromatic heterocycles. The number of nitrogens with zero attached hydrogens (tertiary/aromatic N) is 4. The number of thiazole rings is 1. The number of ether oxygens (including phenoxy) is 1. The van der Waals surface area contributed by atoms with Crippen molar-refractivity contribution < 1.29 is 14.5 Å². The summed E-state index contributed by atoms with van der Waals surface area (Å²) >= 11 is 1.35. The number of nitro groups is 1. The lowest BCUT2D eigenvalue weighted by molar-refractivity contribution is -0.385. The quantitative estimate of drug-likeness (QED) is 0.320. The summed E-state index contributed by atoms with van der Waals surface area (Å²) in [5.41, 5.74) is 1.93. The average molecular weight is 434 g/mol. The normalized spacial score (nSPS) is 10.8. The van der Waals surface area contributed by atoms with Gasteiger partial charge in [0, 0.05) is 29.6 Å². The monoisotopic (exact) mass is 434 g/mol. The highest BCUT2D eigenvalue weighted by Crippen LogP contribution is 2.35. The van der Waals surface area contributed by atoms with Crippen LogP contribution < -0.4 is 9.64 Å². The Hall–Kier alpha value is -3.85. The highest BCUT2D eigenvalue weighted by atomic mass is 32.1. The summed E-state index contributed by atoms with van der Waals surface area (Å²) in [5, 5.41) is 11.8. The molecule has 9 heteroatoms. The molecule has 0 saturated carbocycles. The lowest BCUT2D eigenvalue weighted by atomic mass is 10.1. The largest absolute Gasteiger partial charge is 0.494 e. The maximum Gasteiger partial charge on any atom is 0.273 e. The van der Waals surface area contributed by atoms with Gasteiger partial charge in [0.15, 0.2) is 5.13 Å². The number of amides is 1. The first kappa shape index (κ1) is 20.4. The summed E-state index contributed by atoms with van der Waals surface area (Å²) in [6.07, 6.45) is 3.33. The fourth-order valence-corrected chi connectivity index (χ4v) is 4.27. The Labute approximate surface area is 181 Å². The maximum absolute atomic E-state index is 13.6. The maximum atomic E-state index is 13.6. The van der Waals surface area contributed by atoms with Crippen LogP contribution in [0.4, 0.5) is 10.8 Å². The smallest absolute Gasteiger partial charge is 0.273 e. The topological polar surface area (TPSA) is 98.5 Å². The molecule has 31 heavy (non-hydrogen) atoms. The van der Waals surface area contributed by atoms with Gasteiger partial charge in [-0.25, -0.2) is 4.98 Å². The van der Waals surface area contributed by atoms with Crippen LogP contribution in [0, 0.1) is 17.0 Å². The summed E-state index contributed by atoms with van der Waals surface area (Å²) in [4.78, 5) is 34.8. The van der Waals surface area contributed by atoms with Gasteiger partial charge in [0.05, 0.1) is 23.3 Å². The molecule has 0 aliphatic carbocycles. The first-order valence-corrected chi connectivity index (χ1v) is 10.2. The summed E-state index contributed by atoms with van der Waals surface area (Å²) in [6.45, 7) is 1.80. The third kappa shape index (κ3) is 3.95. The Kier molecular flexibility index (Phi) is 5.59. The number of hydrogen-bond acceptors (Lipinski definition) is 7. The zero-order chi connectivity index (χ0) is 22.0. The first-order chi connectivity index (χ1) is 15.0. The van der Waals surface area contributed by atoms with E-state index in [1.54, 1.807) is 38.6 Å². The number of nitro benzene ring substituents is 1. The summed E-state index contributed by atoms with van der Waals surface area (Å²) in [7, 11) is 1.57. The van der Waals surface area contributed by atoms with E-state index in [0.717, 1.165) is 10.3 Å². The zero-order valence-electron chi connectivity index (χ0n) is 16.8. The number of carbonyl (C=O) groups excluding carboxylic acids is 1. The van der Waals surface area contributed by atoms with Crippen LogP contribution >= 0.6 is 11.3 Å². The molecule has 0 spiro atoms. The van der Waals surface area contributed by atoms with Crippen LogP contribution in [-0.4, -0.2) is 27.9 Å². The molecule has 0 radical (unpaired) electrons. The Morgan fingerprint density at radius 3 is 2.71 bits per heavy atom. The van der Waals surface area contributed by atoms with Crippen molar-refractivity contribution in [1.29, 1.82) is 0 Å². The number of rotatable bonds is 6. The second kappa shape index (κ2) is 8.49. The molecule has 156 valence electrons. The Morgan fingerprint density at radius 2 is 2.00 bits per heavy atom. The van der Waals surface area contributed by atoms with Crippen molar-refractivity contribution in [2.75, 3.05) is 12.0 Å². The minimum absolute atomic E-state index is 0.0989. The van der Waals surface area contributed by atoms with Crippen LogP contribution in [0.2, 0.25) is 0 Å². The highest BCUT2D eigenvalue weighted by Gasteiger charge is 2.26. The minimum Gasteiger partial charge on any atom is -0.494 e. The number of anilines is 1. The van der Waals surface area contributed by atoms with Gasteiger partial charge in [0.2, 0.25) is 0 Å². The standard InChI is InChI=1S/C22H18N4O4S/c1-14-16(7-3-8-17(14)26(28)29)21(27)25(13-15-6-5-11-23-12-15)22-24-20-18(30-2)9-4-10-19(20)31-22/h3-12H,13H2,1-2H3. The van der Waals surface area contributed by atoms with Crippen molar-refractivity contribution in [1.82, 2.24) is 9.97 Å². The number of carbonyl (C=O) groups is 1. The highest BCUT2D eigenvalue weighted by molar-refractivity contribution is 7.22. The number of pyridine rings is 1. The molecule has 0 unspecified atom stereocenters. The summed E-state index contributed by atoms with van der Waals surface area (Å²) in [6, 6.07) is 13.7. The van der Waals surface area contributed by atoms with Crippen LogP contribution in [0.1, 0.15) is 21.5 Å². The van der Waals surface area contributed by atoms with E-state index in [4.69, 9.17) is 4.74 Å². The van der Waals surface area contributed by atoms with Crippen molar-refractivity contribution in [3.05, 3.63) is 87.7 Å². The molecular weight excluding hydrogens is 416 g/mol. The van der Waals surface area contributed by atoms with Crippen LogP contribution in [0.5, 0.6) is 5.75 Å². The lowest BCUT2D eigenvalue weighted by Gasteiger charge is -2.21. The van der Waals surface area contributed by atoms with Crippen LogP contribution in [0.3, 0.4) is 0 Å². The lowest BCUT2D eigenvalue weighted by Crippen LogP contribution is -2.31. The second-order valence-electron chi connectivity index (χ2n) is 6.76. The van der Waals surface area contributed by atoms with Crippen molar-refractivity contribution in [2.45, 2.75) is 13.5 Å². The SMILES string of the molecule is COc1cccc2sc(N(Cc3cccnc3)C(=O)c3cccc([N+](=O)[O-])c3C)nc12. The summed E-state index contributed by atoms with van der Waals surface area (Å²) < 4.78 is 6.27. The Morgan fingerprint density at radius 1 is 1.19 bits per heavy atom. The first-order valence-electron chi connectivity index (χ1n) is 9.38. The number of hydrogen-bond donors (Lipinski definition) is 0.